The first kappa shape index (κ1) is 15.9. The molecule has 5 heteroatoms. The number of carboxylic acid groups (broad SMARTS) is 1. The highest BCUT2D eigenvalue weighted by Gasteiger charge is 2.02. The van der Waals surface area contributed by atoms with E-state index in [1.54, 1.807) is 0 Å². The van der Waals surface area contributed by atoms with E-state index in [-0.39, 0.29) is 25.0 Å². The van der Waals surface area contributed by atoms with Crippen LogP contribution in [0.15, 0.2) is 0 Å². The molecular weight excluding hydrogens is 222 g/mol. The van der Waals surface area contributed by atoms with Crippen LogP contribution in [0.2, 0.25) is 0 Å². The van der Waals surface area contributed by atoms with E-state index in [0.29, 0.717) is 13.0 Å². The van der Waals surface area contributed by atoms with Crippen molar-refractivity contribution in [2.75, 3.05) is 13.2 Å². The Morgan fingerprint density at radius 3 is 2.41 bits per heavy atom. The summed E-state index contributed by atoms with van der Waals surface area (Å²) in [6.07, 6.45) is 3.72. The van der Waals surface area contributed by atoms with Crippen molar-refractivity contribution in [1.82, 2.24) is 5.32 Å². The molecule has 0 fully saturated rings. The zero-order valence-electron chi connectivity index (χ0n) is 10.7. The number of carbonyl (C=O) groups excluding carboxylic acids is 1. The molecule has 0 spiro atoms. The molecule has 0 heterocycles. The van der Waals surface area contributed by atoms with Crippen molar-refractivity contribution >= 4 is 11.9 Å². The molecule has 5 nitrogen and oxygen atoms in total. The lowest BCUT2D eigenvalue weighted by Crippen LogP contribution is -2.29. The summed E-state index contributed by atoms with van der Waals surface area (Å²) in [5.74, 6) is -0.839. The average molecular weight is 245 g/mol. The van der Waals surface area contributed by atoms with Crippen molar-refractivity contribution in [3.05, 3.63) is 0 Å². The van der Waals surface area contributed by atoms with E-state index in [2.05, 4.69) is 5.32 Å². The van der Waals surface area contributed by atoms with Crippen LogP contribution in [-0.2, 0) is 14.3 Å². The normalized spacial score (nSPS) is 10.5. The predicted molar refractivity (Wildman–Crippen MR) is 64.8 cm³/mol. The Bertz CT molecular complexity index is 229. The number of carboxylic acids is 1. The van der Waals surface area contributed by atoms with Gasteiger partial charge in [-0.15, -0.1) is 0 Å². The fourth-order valence-electron chi connectivity index (χ4n) is 1.28. The fourth-order valence-corrected chi connectivity index (χ4v) is 1.28. The van der Waals surface area contributed by atoms with Crippen LogP contribution >= 0.6 is 0 Å². The van der Waals surface area contributed by atoms with Gasteiger partial charge in [0.1, 0.15) is 6.61 Å². The van der Waals surface area contributed by atoms with Crippen LogP contribution in [-0.4, -0.2) is 36.2 Å². The first-order chi connectivity index (χ1) is 8.02. The quantitative estimate of drug-likeness (QED) is 0.573. The van der Waals surface area contributed by atoms with Crippen LogP contribution in [0.4, 0.5) is 0 Å². The number of unbranched alkanes of at least 4 members (excludes halogenated alkanes) is 3. The molecule has 0 atom stereocenters. The summed E-state index contributed by atoms with van der Waals surface area (Å²) in [7, 11) is 0. The second kappa shape index (κ2) is 10.1. The Balaban J connectivity index is 3.22. The van der Waals surface area contributed by atoms with Gasteiger partial charge in [0, 0.05) is 13.0 Å². The maximum absolute atomic E-state index is 11.2. The Hall–Kier alpha value is -1.10. The van der Waals surface area contributed by atoms with E-state index in [9.17, 15) is 9.59 Å². The molecule has 0 saturated heterocycles. The number of hydrogen-bond acceptors (Lipinski definition) is 3. The lowest BCUT2D eigenvalue weighted by Gasteiger charge is -2.08. The number of rotatable bonds is 10. The summed E-state index contributed by atoms with van der Waals surface area (Å²) >= 11 is 0. The number of hydrogen-bond donors (Lipinski definition) is 2. The molecule has 0 aromatic carbocycles. The third-order valence-electron chi connectivity index (χ3n) is 2.19. The summed E-state index contributed by atoms with van der Waals surface area (Å²) in [6.45, 7) is 4.51. The van der Waals surface area contributed by atoms with Gasteiger partial charge < -0.3 is 15.2 Å². The Kier molecular flexibility index (Phi) is 9.43. The van der Waals surface area contributed by atoms with Gasteiger partial charge in [0.05, 0.1) is 6.10 Å². The maximum atomic E-state index is 11.2. The Labute approximate surface area is 103 Å². The largest absolute Gasteiger partial charge is 0.481 e. The van der Waals surface area contributed by atoms with E-state index in [1.807, 2.05) is 13.8 Å². The molecule has 100 valence electrons. The second-order valence-corrected chi connectivity index (χ2v) is 4.27. The Morgan fingerprint density at radius 2 is 1.82 bits per heavy atom. The summed E-state index contributed by atoms with van der Waals surface area (Å²) in [4.78, 5) is 21.4. The minimum absolute atomic E-state index is 0.0665. The number of nitrogens with one attached hydrogen (secondary N) is 1. The van der Waals surface area contributed by atoms with Gasteiger partial charge in [-0.1, -0.05) is 12.8 Å². The van der Waals surface area contributed by atoms with Gasteiger partial charge in [0.25, 0.3) is 0 Å². The summed E-state index contributed by atoms with van der Waals surface area (Å²) in [5, 5.41) is 11.2. The van der Waals surface area contributed by atoms with Crippen molar-refractivity contribution in [2.45, 2.75) is 52.1 Å². The van der Waals surface area contributed by atoms with Gasteiger partial charge in [-0.3, -0.25) is 9.59 Å². The maximum Gasteiger partial charge on any atom is 0.303 e. The monoisotopic (exact) mass is 245 g/mol. The van der Waals surface area contributed by atoms with Crippen molar-refractivity contribution in [3.8, 4) is 0 Å². The molecule has 0 saturated carbocycles. The van der Waals surface area contributed by atoms with E-state index >= 15 is 0 Å². The fraction of sp³-hybridized carbons (Fsp3) is 0.833. The highest BCUT2D eigenvalue weighted by Crippen LogP contribution is 2.02. The van der Waals surface area contributed by atoms with E-state index < -0.39 is 5.97 Å². The second-order valence-electron chi connectivity index (χ2n) is 4.27. The number of amides is 1. The third-order valence-corrected chi connectivity index (χ3v) is 2.19. The minimum Gasteiger partial charge on any atom is -0.481 e. The van der Waals surface area contributed by atoms with Crippen molar-refractivity contribution < 1.29 is 19.4 Å². The number of aliphatic carboxylic acids is 1. The van der Waals surface area contributed by atoms with Gasteiger partial charge in [0.2, 0.25) is 5.91 Å². The lowest BCUT2D eigenvalue weighted by molar-refractivity contribution is -0.137. The molecule has 0 aromatic rings. The van der Waals surface area contributed by atoms with Gasteiger partial charge in [-0.25, -0.2) is 0 Å². The molecule has 0 aliphatic heterocycles. The predicted octanol–water partition coefficient (Wildman–Crippen LogP) is 1.56. The summed E-state index contributed by atoms with van der Waals surface area (Å²) in [5.41, 5.74) is 0. The number of ether oxygens (including phenoxy) is 1. The van der Waals surface area contributed by atoms with Crippen LogP contribution in [0, 0.1) is 0 Å². The smallest absolute Gasteiger partial charge is 0.303 e. The molecule has 0 aliphatic rings. The molecule has 0 radical (unpaired) electrons. The average Bonchev–Trinajstić information content (AvgIpc) is 2.24. The van der Waals surface area contributed by atoms with Gasteiger partial charge in [-0.05, 0) is 26.7 Å². The molecule has 1 amide bonds. The first-order valence-electron chi connectivity index (χ1n) is 6.12. The van der Waals surface area contributed by atoms with Crippen LogP contribution in [0.1, 0.15) is 46.0 Å². The van der Waals surface area contributed by atoms with Gasteiger partial charge >= 0.3 is 5.97 Å². The summed E-state index contributed by atoms with van der Waals surface area (Å²) in [6, 6.07) is 0. The first-order valence-corrected chi connectivity index (χ1v) is 6.12. The molecule has 0 aromatic heterocycles. The molecular formula is C12H23NO4. The highest BCUT2D eigenvalue weighted by molar-refractivity contribution is 5.77. The lowest BCUT2D eigenvalue weighted by atomic mass is 10.1. The zero-order valence-corrected chi connectivity index (χ0v) is 10.7. The van der Waals surface area contributed by atoms with Crippen LogP contribution < -0.4 is 5.32 Å². The van der Waals surface area contributed by atoms with Crippen molar-refractivity contribution in [2.24, 2.45) is 0 Å². The molecule has 0 bridgehead atoms. The third kappa shape index (κ3) is 12.8. The zero-order chi connectivity index (χ0) is 13.1. The highest BCUT2D eigenvalue weighted by atomic mass is 16.5. The van der Waals surface area contributed by atoms with E-state index in [0.717, 1.165) is 19.3 Å². The van der Waals surface area contributed by atoms with Gasteiger partial charge in [0.15, 0.2) is 0 Å². The van der Waals surface area contributed by atoms with Crippen LogP contribution in [0.5, 0.6) is 0 Å². The number of carbonyl (C=O) groups is 2. The summed E-state index contributed by atoms with van der Waals surface area (Å²) < 4.78 is 5.15. The standard InChI is InChI=1S/C12H23NO4/c1-10(2)17-9-11(14)13-8-6-4-3-5-7-12(15)16/h10H,3-9H2,1-2H3,(H,13,14)(H,15,16). The van der Waals surface area contributed by atoms with E-state index in [4.69, 9.17) is 9.84 Å². The molecule has 0 rings (SSSR count). The van der Waals surface area contributed by atoms with Crippen LogP contribution in [0.25, 0.3) is 0 Å². The molecule has 17 heavy (non-hydrogen) atoms. The topological polar surface area (TPSA) is 75.6 Å². The molecule has 0 unspecified atom stereocenters. The van der Waals surface area contributed by atoms with E-state index in [1.165, 1.54) is 0 Å². The SMILES string of the molecule is CC(C)OCC(=O)NCCCCCCC(=O)O. The van der Waals surface area contributed by atoms with Crippen molar-refractivity contribution in [1.29, 1.82) is 0 Å². The van der Waals surface area contributed by atoms with Crippen LogP contribution in [0.3, 0.4) is 0 Å². The van der Waals surface area contributed by atoms with Gasteiger partial charge in [-0.2, -0.15) is 0 Å². The minimum atomic E-state index is -0.746. The molecule has 2 N–H and O–H groups in total. The van der Waals surface area contributed by atoms with Crippen molar-refractivity contribution in [3.63, 3.8) is 0 Å². The Morgan fingerprint density at radius 1 is 1.18 bits per heavy atom. The molecule has 0 aliphatic carbocycles.